The number of aromatic nitrogens is 3. The summed E-state index contributed by atoms with van der Waals surface area (Å²) in [5.74, 6) is -0.984. The number of halogens is 2. The van der Waals surface area contributed by atoms with Crippen LogP contribution in [0, 0.1) is 5.82 Å². The molecule has 0 unspecified atom stereocenters. The zero-order valence-electron chi connectivity index (χ0n) is 12.5. The Kier molecular flexibility index (Phi) is 4.43. The van der Waals surface area contributed by atoms with E-state index in [1.807, 2.05) is 0 Å². The van der Waals surface area contributed by atoms with Gasteiger partial charge in [0.05, 0.1) is 17.8 Å². The molecule has 24 heavy (non-hydrogen) atoms. The van der Waals surface area contributed by atoms with Crippen LogP contribution in [0.1, 0.15) is 10.4 Å². The highest BCUT2D eigenvalue weighted by atomic mass is 35.5. The molecule has 3 rings (SSSR count). The number of hydrogen-bond donors (Lipinski definition) is 1. The van der Waals surface area contributed by atoms with Crippen molar-refractivity contribution < 1.29 is 13.9 Å². The largest absolute Gasteiger partial charge is 0.494 e. The summed E-state index contributed by atoms with van der Waals surface area (Å²) in [5.41, 5.74) is 1.18. The molecule has 0 aliphatic rings. The first-order chi connectivity index (χ1) is 11.6. The van der Waals surface area contributed by atoms with Gasteiger partial charge in [0, 0.05) is 5.56 Å². The molecule has 0 saturated carbocycles. The van der Waals surface area contributed by atoms with Crippen molar-refractivity contribution in [1.29, 1.82) is 0 Å². The summed E-state index contributed by atoms with van der Waals surface area (Å²) < 4.78 is 19.8. The van der Waals surface area contributed by atoms with Crippen molar-refractivity contribution in [3.05, 3.63) is 65.5 Å². The van der Waals surface area contributed by atoms with E-state index in [0.717, 1.165) is 0 Å². The van der Waals surface area contributed by atoms with Gasteiger partial charge in [-0.1, -0.05) is 17.7 Å². The molecule has 1 amide bonds. The Labute approximate surface area is 141 Å². The summed E-state index contributed by atoms with van der Waals surface area (Å²) in [7, 11) is 1.33. The van der Waals surface area contributed by atoms with Gasteiger partial charge >= 0.3 is 0 Å². The highest BCUT2D eigenvalue weighted by Crippen LogP contribution is 2.28. The molecule has 8 heteroatoms. The first kappa shape index (κ1) is 15.9. The number of carbonyl (C=O) groups excluding carboxylic acids is 1. The number of anilines is 1. The fraction of sp³-hybridized carbons (Fsp3) is 0.0625. The van der Waals surface area contributed by atoms with E-state index in [2.05, 4.69) is 15.4 Å². The predicted molar refractivity (Wildman–Crippen MR) is 87.3 cm³/mol. The summed E-state index contributed by atoms with van der Waals surface area (Å²) >= 11 is 6.21. The molecule has 0 aliphatic carbocycles. The van der Waals surface area contributed by atoms with E-state index in [1.54, 1.807) is 18.2 Å². The zero-order valence-corrected chi connectivity index (χ0v) is 13.3. The van der Waals surface area contributed by atoms with Gasteiger partial charge in [-0.25, -0.2) is 14.1 Å². The molecule has 0 fully saturated rings. The molecule has 1 aromatic heterocycles. The number of methoxy groups -OCH3 is 1. The number of nitrogens with zero attached hydrogens (tertiary/aromatic N) is 3. The Morgan fingerprint density at radius 2 is 2.17 bits per heavy atom. The molecule has 0 saturated heterocycles. The van der Waals surface area contributed by atoms with Crippen molar-refractivity contribution in [2.24, 2.45) is 0 Å². The Bertz CT molecular complexity index is 884. The van der Waals surface area contributed by atoms with Crippen LogP contribution in [0.15, 0.2) is 49.1 Å². The van der Waals surface area contributed by atoms with Crippen molar-refractivity contribution in [3.8, 4) is 11.4 Å². The van der Waals surface area contributed by atoms with Crippen LogP contribution < -0.4 is 10.1 Å². The lowest BCUT2D eigenvalue weighted by Crippen LogP contribution is -2.14. The monoisotopic (exact) mass is 346 g/mol. The third kappa shape index (κ3) is 3.07. The Balaban J connectivity index is 1.94. The maximum absolute atomic E-state index is 13.5. The van der Waals surface area contributed by atoms with Crippen LogP contribution >= 0.6 is 11.6 Å². The molecule has 2 aromatic carbocycles. The lowest BCUT2D eigenvalue weighted by Gasteiger charge is -2.13. The summed E-state index contributed by atoms with van der Waals surface area (Å²) in [6.07, 6.45) is 2.83. The van der Waals surface area contributed by atoms with Crippen LogP contribution in [-0.2, 0) is 0 Å². The second kappa shape index (κ2) is 6.67. The molecule has 6 nitrogen and oxygen atoms in total. The van der Waals surface area contributed by atoms with E-state index in [9.17, 15) is 9.18 Å². The zero-order chi connectivity index (χ0) is 17.1. The molecule has 0 bridgehead atoms. The number of hydrogen-bond acceptors (Lipinski definition) is 4. The van der Waals surface area contributed by atoms with Gasteiger partial charge in [0.15, 0.2) is 11.6 Å². The fourth-order valence-electron chi connectivity index (χ4n) is 2.17. The standard InChI is InChI=1S/C16H12ClFN4O2/c1-24-14-7-10(5-6-12(14)18)16(23)21-13-4-2-3-11(17)15(13)22-9-19-8-20-22/h2-9H,1H3,(H,21,23). The molecule has 122 valence electrons. The summed E-state index contributed by atoms with van der Waals surface area (Å²) in [5, 5.41) is 7.16. The number of para-hydroxylation sites is 1. The SMILES string of the molecule is COc1cc(C(=O)Nc2cccc(Cl)c2-n2cncn2)ccc1F. The lowest BCUT2D eigenvalue weighted by molar-refractivity contribution is 0.102. The number of benzene rings is 2. The van der Waals surface area contributed by atoms with E-state index < -0.39 is 11.7 Å². The van der Waals surface area contributed by atoms with Gasteiger partial charge in [0.2, 0.25) is 0 Å². The van der Waals surface area contributed by atoms with Gasteiger partial charge in [-0.3, -0.25) is 4.79 Å². The first-order valence-electron chi connectivity index (χ1n) is 6.88. The van der Waals surface area contributed by atoms with E-state index in [4.69, 9.17) is 16.3 Å². The van der Waals surface area contributed by atoms with Crippen molar-refractivity contribution in [3.63, 3.8) is 0 Å². The highest BCUT2D eigenvalue weighted by molar-refractivity contribution is 6.33. The minimum absolute atomic E-state index is 0.00903. The van der Waals surface area contributed by atoms with Crippen LogP contribution in [0.2, 0.25) is 5.02 Å². The van der Waals surface area contributed by atoms with Gasteiger partial charge in [-0.2, -0.15) is 5.10 Å². The Morgan fingerprint density at radius 1 is 1.33 bits per heavy atom. The highest BCUT2D eigenvalue weighted by Gasteiger charge is 2.15. The van der Waals surface area contributed by atoms with Gasteiger partial charge in [-0.05, 0) is 30.3 Å². The third-order valence-corrected chi connectivity index (χ3v) is 3.60. The van der Waals surface area contributed by atoms with Crippen LogP contribution in [0.5, 0.6) is 5.75 Å². The molecule has 1 N–H and O–H groups in total. The molecular formula is C16H12ClFN4O2. The average molecular weight is 347 g/mol. The van der Waals surface area contributed by atoms with Gasteiger partial charge < -0.3 is 10.1 Å². The maximum atomic E-state index is 13.5. The van der Waals surface area contributed by atoms with Gasteiger partial charge in [0.1, 0.15) is 18.3 Å². The molecule has 0 atom stereocenters. The van der Waals surface area contributed by atoms with Crippen LogP contribution in [0.3, 0.4) is 0 Å². The summed E-state index contributed by atoms with van der Waals surface area (Å²) in [6.45, 7) is 0. The van der Waals surface area contributed by atoms with Crippen molar-refractivity contribution >= 4 is 23.2 Å². The Morgan fingerprint density at radius 3 is 2.88 bits per heavy atom. The molecule has 0 aliphatic heterocycles. The number of ether oxygens (including phenoxy) is 1. The van der Waals surface area contributed by atoms with E-state index in [0.29, 0.717) is 16.4 Å². The van der Waals surface area contributed by atoms with Gasteiger partial charge in [-0.15, -0.1) is 0 Å². The van der Waals surface area contributed by atoms with Crippen LogP contribution in [0.25, 0.3) is 5.69 Å². The van der Waals surface area contributed by atoms with E-state index in [1.165, 1.54) is 42.6 Å². The average Bonchev–Trinajstić information content (AvgIpc) is 3.09. The minimum Gasteiger partial charge on any atom is -0.494 e. The molecule has 3 aromatic rings. The first-order valence-corrected chi connectivity index (χ1v) is 7.26. The number of amides is 1. The number of nitrogens with one attached hydrogen (secondary N) is 1. The number of rotatable bonds is 4. The molecule has 1 heterocycles. The van der Waals surface area contributed by atoms with Crippen molar-refractivity contribution in [1.82, 2.24) is 14.8 Å². The maximum Gasteiger partial charge on any atom is 0.255 e. The normalized spacial score (nSPS) is 10.5. The Hall–Kier alpha value is -2.93. The number of carbonyl (C=O) groups is 1. The van der Waals surface area contributed by atoms with Crippen LogP contribution in [-0.4, -0.2) is 27.8 Å². The van der Waals surface area contributed by atoms with E-state index in [-0.39, 0.29) is 11.3 Å². The van der Waals surface area contributed by atoms with Crippen LogP contribution in [0.4, 0.5) is 10.1 Å². The second-order valence-corrected chi connectivity index (χ2v) is 5.19. The topological polar surface area (TPSA) is 69.0 Å². The lowest BCUT2D eigenvalue weighted by atomic mass is 10.2. The van der Waals surface area contributed by atoms with Crippen molar-refractivity contribution in [2.45, 2.75) is 0 Å². The van der Waals surface area contributed by atoms with Gasteiger partial charge in [0.25, 0.3) is 5.91 Å². The quantitative estimate of drug-likeness (QED) is 0.786. The molecule has 0 spiro atoms. The molecular weight excluding hydrogens is 335 g/mol. The smallest absolute Gasteiger partial charge is 0.255 e. The minimum atomic E-state index is -0.542. The summed E-state index contributed by atoms with van der Waals surface area (Å²) in [4.78, 5) is 16.3. The third-order valence-electron chi connectivity index (χ3n) is 3.30. The van der Waals surface area contributed by atoms with E-state index >= 15 is 0 Å². The van der Waals surface area contributed by atoms with Crippen molar-refractivity contribution in [2.75, 3.05) is 12.4 Å². The summed E-state index contributed by atoms with van der Waals surface area (Å²) in [6, 6.07) is 8.92. The predicted octanol–water partition coefficient (Wildman–Crippen LogP) is 3.32. The fourth-order valence-corrected chi connectivity index (χ4v) is 2.43. The second-order valence-electron chi connectivity index (χ2n) is 4.78. The molecule has 0 radical (unpaired) electrons.